The Balaban J connectivity index is 1.83. The number of fused-ring (bicyclic) bond motifs is 1. The van der Waals surface area contributed by atoms with Gasteiger partial charge in [0.05, 0.1) is 13.4 Å². The van der Waals surface area contributed by atoms with Gasteiger partial charge in [0.25, 0.3) is 0 Å². The monoisotopic (exact) mass is 417 g/mol. The van der Waals surface area contributed by atoms with Gasteiger partial charge in [-0.1, -0.05) is 23.8 Å². The molecule has 1 aliphatic heterocycles. The first-order valence-electron chi connectivity index (χ1n) is 11.0. The van der Waals surface area contributed by atoms with Crippen LogP contribution in [0.5, 0.6) is 5.75 Å². The molecule has 1 fully saturated rings. The molecule has 0 atom stereocenters. The van der Waals surface area contributed by atoms with E-state index in [1.807, 2.05) is 25.0 Å². The fourth-order valence-electron chi connectivity index (χ4n) is 4.66. The summed E-state index contributed by atoms with van der Waals surface area (Å²) >= 11 is 0. The summed E-state index contributed by atoms with van der Waals surface area (Å²) in [5.41, 5.74) is 8.29. The first-order valence-corrected chi connectivity index (χ1v) is 11.0. The van der Waals surface area contributed by atoms with Crippen LogP contribution >= 0.6 is 0 Å². The molecule has 1 saturated heterocycles. The van der Waals surface area contributed by atoms with Crippen LogP contribution < -0.4 is 4.74 Å². The third-order valence-electron chi connectivity index (χ3n) is 6.35. The number of amides is 1. The van der Waals surface area contributed by atoms with Gasteiger partial charge in [-0.3, -0.25) is 4.79 Å². The number of methoxy groups -OCH3 is 1. The molecule has 162 valence electrons. The summed E-state index contributed by atoms with van der Waals surface area (Å²) in [7, 11) is 1.67. The number of rotatable bonds is 4. The number of benzene rings is 2. The van der Waals surface area contributed by atoms with Gasteiger partial charge in [-0.05, 0) is 69.7 Å². The summed E-state index contributed by atoms with van der Waals surface area (Å²) in [6.45, 7) is 9.92. The van der Waals surface area contributed by atoms with E-state index in [-0.39, 0.29) is 5.91 Å². The molecule has 4 rings (SSSR count). The lowest BCUT2D eigenvalue weighted by Crippen LogP contribution is -2.34. The van der Waals surface area contributed by atoms with Gasteiger partial charge in [0.15, 0.2) is 0 Å². The first kappa shape index (κ1) is 21.2. The van der Waals surface area contributed by atoms with E-state index in [0.29, 0.717) is 0 Å². The Bertz CT molecular complexity index is 1160. The van der Waals surface area contributed by atoms with E-state index in [0.717, 1.165) is 70.5 Å². The van der Waals surface area contributed by atoms with Gasteiger partial charge in [-0.15, -0.1) is 0 Å². The maximum atomic E-state index is 12.8. The highest BCUT2D eigenvalue weighted by Gasteiger charge is 2.20. The van der Waals surface area contributed by atoms with Crippen molar-refractivity contribution in [2.24, 2.45) is 0 Å². The van der Waals surface area contributed by atoms with Crippen molar-refractivity contribution < 1.29 is 13.9 Å². The molecule has 1 amide bonds. The number of carbonyl (C=O) groups excluding carboxylic acids is 1. The van der Waals surface area contributed by atoms with Crippen molar-refractivity contribution in [1.29, 1.82) is 0 Å². The van der Waals surface area contributed by atoms with Crippen LogP contribution in [0.3, 0.4) is 0 Å². The van der Waals surface area contributed by atoms with E-state index in [4.69, 9.17) is 9.15 Å². The number of piperidine rings is 1. The summed E-state index contributed by atoms with van der Waals surface area (Å²) in [4.78, 5) is 14.8. The van der Waals surface area contributed by atoms with E-state index in [1.165, 1.54) is 17.5 Å². The van der Waals surface area contributed by atoms with Crippen molar-refractivity contribution >= 4 is 22.4 Å². The smallest absolute Gasteiger partial charge is 0.246 e. The van der Waals surface area contributed by atoms with Crippen LogP contribution in [0.15, 0.2) is 41.0 Å². The Kier molecular flexibility index (Phi) is 5.90. The Morgan fingerprint density at radius 3 is 2.48 bits per heavy atom. The van der Waals surface area contributed by atoms with E-state index < -0.39 is 0 Å². The highest BCUT2D eigenvalue weighted by molar-refractivity contribution is 6.02. The molecular formula is C27H31NO3. The zero-order chi connectivity index (χ0) is 22.1. The molecule has 0 N–H and O–H groups in total. The topological polar surface area (TPSA) is 42.7 Å². The molecule has 4 nitrogen and oxygen atoms in total. The molecular weight excluding hydrogens is 386 g/mol. The van der Waals surface area contributed by atoms with Crippen molar-refractivity contribution in [2.75, 3.05) is 20.2 Å². The number of hydrogen-bond donors (Lipinski definition) is 0. The molecule has 2 heterocycles. The molecule has 0 saturated carbocycles. The third-order valence-corrected chi connectivity index (χ3v) is 6.35. The minimum atomic E-state index is 0.0822. The van der Waals surface area contributed by atoms with Crippen LogP contribution in [-0.2, 0) is 4.79 Å². The zero-order valence-electron chi connectivity index (χ0n) is 19.2. The Morgan fingerprint density at radius 1 is 1.06 bits per heavy atom. The summed E-state index contributed by atoms with van der Waals surface area (Å²) < 4.78 is 11.8. The number of furan rings is 1. The predicted octanol–water partition coefficient (Wildman–Crippen LogP) is 6.45. The van der Waals surface area contributed by atoms with E-state index in [2.05, 4.69) is 38.1 Å². The van der Waals surface area contributed by atoms with Gasteiger partial charge in [0.2, 0.25) is 5.91 Å². The molecule has 0 bridgehead atoms. The van der Waals surface area contributed by atoms with Gasteiger partial charge in [-0.25, -0.2) is 0 Å². The van der Waals surface area contributed by atoms with Crippen LogP contribution in [0.2, 0.25) is 0 Å². The average Bonchev–Trinajstić information content (AvgIpc) is 3.18. The lowest BCUT2D eigenvalue weighted by molar-refractivity contribution is -0.126. The lowest BCUT2D eigenvalue weighted by Gasteiger charge is -2.25. The zero-order valence-corrected chi connectivity index (χ0v) is 19.2. The third kappa shape index (κ3) is 3.99. The fourth-order valence-corrected chi connectivity index (χ4v) is 4.66. The lowest BCUT2D eigenvalue weighted by atomic mass is 9.94. The molecule has 0 aliphatic carbocycles. The Labute approximate surface area is 184 Å². The van der Waals surface area contributed by atoms with Crippen LogP contribution in [0.4, 0.5) is 0 Å². The summed E-state index contributed by atoms with van der Waals surface area (Å²) in [5.74, 6) is 0.841. The summed E-state index contributed by atoms with van der Waals surface area (Å²) in [6, 6.07) is 8.57. The number of ether oxygens (including phenoxy) is 1. The number of likely N-dealkylation sites (tertiary alicyclic amines) is 1. The molecule has 0 radical (unpaired) electrons. The van der Waals surface area contributed by atoms with Crippen LogP contribution in [0.25, 0.3) is 27.7 Å². The normalized spacial score (nSPS) is 14.9. The maximum Gasteiger partial charge on any atom is 0.246 e. The number of carbonyl (C=O) groups is 1. The second-order valence-electron chi connectivity index (χ2n) is 8.64. The largest absolute Gasteiger partial charge is 0.496 e. The van der Waals surface area contributed by atoms with Crippen molar-refractivity contribution in [3.63, 3.8) is 0 Å². The predicted molar refractivity (Wildman–Crippen MR) is 126 cm³/mol. The minimum absolute atomic E-state index is 0.0822. The number of allylic oxidation sites excluding steroid dienone is 1. The van der Waals surface area contributed by atoms with Crippen LogP contribution in [0.1, 0.15) is 48.4 Å². The number of aryl methyl sites for hydroxylation is 3. The van der Waals surface area contributed by atoms with Gasteiger partial charge < -0.3 is 14.1 Å². The van der Waals surface area contributed by atoms with E-state index in [1.54, 1.807) is 13.2 Å². The Morgan fingerprint density at radius 2 is 1.81 bits per heavy atom. The summed E-state index contributed by atoms with van der Waals surface area (Å²) in [5, 5.41) is 1.04. The number of hydrogen-bond acceptors (Lipinski definition) is 3. The average molecular weight is 418 g/mol. The molecule has 0 spiro atoms. The molecule has 1 aliphatic rings. The molecule has 4 heteroatoms. The van der Waals surface area contributed by atoms with Crippen LogP contribution in [-0.4, -0.2) is 31.0 Å². The van der Waals surface area contributed by atoms with E-state index in [9.17, 15) is 4.79 Å². The molecule has 31 heavy (non-hydrogen) atoms. The highest BCUT2D eigenvalue weighted by Crippen LogP contribution is 2.41. The fraction of sp³-hybridized carbons (Fsp3) is 0.370. The van der Waals surface area contributed by atoms with Gasteiger partial charge in [0, 0.05) is 41.2 Å². The quantitative estimate of drug-likeness (QED) is 0.458. The van der Waals surface area contributed by atoms with Gasteiger partial charge >= 0.3 is 0 Å². The van der Waals surface area contributed by atoms with E-state index >= 15 is 0 Å². The Hall–Kier alpha value is -3.01. The van der Waals surface area contributed by atoms with Crippen molar-refractivity contribution in [1.82, 2.24) is 4.90 Å². The second kappa shape index (κ2) is 8.62. The van der Waals surface area contributed by atoms with Crippen LogP contribution in [0, 0.1) is 20.8 Å². The first-order chi connectivity index (χ1) is 14.9. The van der Waals surface area contributed by atoms with Gasteiger partial charge in [-0.2, -0.15) is 0 Å². The standard InChI is InChI=1S/C27H31NO3/c1-17-9-10-21(18(2)13-17)24-16-31-27-20(4)26(30-5)22(15-23(24)27)19(3)14-25(29)28-11-7-6-8-12-28/h9-10,13-16H,6-8,11-12H2,1-5H3/b19-14+. The highest BCUT2D eigenvalue weighted by atomic mass is 16.5. The van der Waals surface area contributed by atoms with Gasteiger partial charge in [0.1, 0.15) is 11.3 Å². The second-order valence-corrected chi connectivity index (χ2v) is 8.64. The van der Waals surface area contributed by atoms with Crippen molar-refractivity contribution in [2.45, 2.75) is 47.0 Å². The molecule has 0 unspecified atom stereocenters. The summed E-state index contributed by atoms with van der Waals surface area (Å²) in [6.07, 6.45) is 6.96. The molecule has 2 aromatic carbocycles. The molecule has 1 aromatic heterocycles. The van der Waals surface area contributed by atoms with Crippen molar-refractivity contribution in [3.05, 3.63) is 58.9 Å². The number of nitrogens with zero attached hydrogens (tertiary/aromatic N) is 1. The maximum absolute atomic E-state index is 12.8. The minimum Gasteiger partial charge on any atom is -0.496 e. The van der Waals surface area contributed by atoms with Crippen molar-refractivity contribution in [3.8, 4) is 16.9 Å². The molecule has 3 aromatic rings. The SMILES string of the molecule is COc1c(/C(C)=C/C(=O)N2CCCCC2)cc2c(-c3ccc(C)cc3C)coc2c1C.